The summed E-state index contributed by atoms with van der Waals surface area (Å²) in [6.45, 7) is 13.4. The third kappa shape index (κ3) is 6.71. The van der Waals surface area contributed by atoms with Gasteiger partial charge in [0.1, 0.15) is 11.5 Å². The van der Waals surface area contributed by atoms with Gasteiger partial charge in [-0.05, 0) is 71.5 Å². The van der Waals surface area contributed by atoms with Crippen molar-refractivity contribution in [3.63, 3.8) is 0 Å². The molecule has 0 saturated carbocycles. The molecule has 0 unspecified atom stereocenters. The molecule has 0 saturated heterocycles. The van der Waals surface area contributed by atoms with Crippen molar-refractivity contribution in [1.29, 1.82) is 0 Å². The molecule has 6 aromatic carbocycles. The minimum atomic E-state index is -0.281. The summed E-state index contributed by atoms with van der Waals surface area (Å²) in [5, 5.41) is 0. The smallest absolute Gasteiger partial charge is 0.130 e. The fourth-order valence-electron chi connectivity index (χ4n) is 7.95. The summed E-state index contributed by atoms with van der Waals surface area (Å²) in [6, 6.07) is 53.7. The van der Waals surface area contributed by atoms with Gasteiger partial charge in [0.25, 0.3) is 0 Å². The van der Waals surface area contributed by atoms with E-state index in [1.807, 2.05) is 0 Å². The fraction of sp³-hybridized carbons (Fsp3) is 0.196. The maximum Gasteiger partial charge on any atom is 0.130 e. The molecule has 3 heteroatoms. The van der Waals surface area contributed by atoms with E-state index in [1.54, 1.807) is 14.2 Å². The van der Waals surface area contributed by atoms with Gasteiger partial charge in [-0.3, -0.25) is 0 Å². The highest BCUT2D eigenvalue weighted by molar-refractivity contribution is 5.89. The van der Waals surface area contributed by atoms with Crippen molar-refractivity contribution in [3.8, 4) is 56.3 Å². The van der Waals surface area contributed by atoms with Crippen LogP contribution in [0, 0.1) is 13.8 Å². The molecule has 7 rings (SSSR count). The molecule has 270 valence electrons. The number of aromatic nitrogens is 1. The lowest BCUT2D eigenvalue weighted by Crippen LogP contribution is -2.20. The number of rotatable bonds is 10. The third-order valence-electron chi connectivity index (χ3n) is 10.9. The number of benzene rings is 6. The monoisotopic (exact) mass is 707 g/mol. The van der Waals surface area contributed by atoms with Crippen molar-refractivity contribution in [2.24, 2.45) is 0 Å². The van der Waals surface area contributed by atoms with E-state index in [0.29, 0.717) is 0 Å². The fourth-order valence-corrected chi connectivity index (χ4v) is 7.95. The molecule has 3 nitrogen and oxygen atoms in total. The Bertz CT molecular complexity index is 2260. The Hall–Kier alpha value is -5.93. The zero-order chi connectivity index (χ0) is 38.0. The van der Waals surface area contributed by atoms with E-state index in [1.165, 1.54) is 22.3 Å². The Morgan fingerprint density at radius 3 is 1.11 bits per heavy atom. The van der Waals surface area contributed by atoms with Crippen LogP contribution in [0.3, 0.4) is 0 Å². The van der Waals surface area contributed by atoms with E-state index < -0.39 is 0 Å². The lowest BCUT2D eigenvalue weighted by atomic mass is 9.76. The number of nitrogens with zero attached hydrogens (tertiary/aromatic N) is 1. The minimum Gasteiger partial charge on any atom is -0.496 e. The molecule has 7 aromatic rings. The Kier molecular flexibility index (Phi) is 10.0. The van der Waals surface area contributed by atoms with Crippen LogP contribution < -0.4 is 9.47 Å². The van der Waals surface area contributed by atoms with Gasteiger partial charge in [0.15, 0.2) is 0 Å². The molecule has 0 aliphatic carbocycles. The van der Waals surface area contributed by atoms with Crippen LogP contribution in [0.4, 0.5) is 0 Å². The average Bonchev–Trinajstić information content (AvgIpc) is 3.21. The van der Waals surface area contributed by atoms with Crippen molar-refractivity contribution in [2.45, 2.75) is 52.4 Å². The summed E-state index contributed by atoms with van der Waals surface area (Å²) in [5.41, 5.74) is 14.7. The lowest BCUT2D eigenvalue weighted by Gasteiger charge is -2.30. The molecule has 0 N–H and O–H groups in total. The first-order chi connectivity index (χ1) is 26.0. The number of aryl methyl sites for hydroxylation is 2. The summed E-state index contributed by atoms with van der Waals surface area (Å²) in [7, 11) is 3.56. The zero-order valence-electron chi connectivity index (χ0n) is 32.7. The van der Waals surface area contributed by atoms with Gasteiger partial charge in [-0.1, -0.05) is 155 Å². The topological polar surface area (TPSA) is 31.4 Å². The molecule has 0 fully saturated rings. The lowest BCUT2D eigenvalue weighted by molar-refractivity contribution is 0.402. The summed E-state index contributed by atoms with van der Waals surface area (Å²) >= 11 is 0. The molecule has 0 aliphatic rings. The van der Waals surface area contributed by atoms with Crippen LogP contribution in [0.15, 0.2) is 152 Å². The number of hydrogen-bond acceptors (Lipinski definition) is 3. The highest BCUT2D eigenvalue weighted by atomic mass is 16.5. The first kappa shape index (κ1) is 36.4. The van der Waals surface area contributed by atoms with Gasteiger partial charge in [0.2, 0.25) is 0 Å². The number of methoxy groups -OCH3 is 2. The summed E-state index contributed by atoms with van der Waals surface area (Å²) in [6.07, 6.45) is 0. The predicted molar refractivity (Wildman–Crippen MR) is 226 cm³/mol. The van der Waals surface area contributed by atoms with E-state index in [2.05, 4.69) is 193 Å². The van der Waals surface area contributed by atoms with Gasteiger partial charge >= 0.3 is 0 Å². The van der Waals surface area contributed by atoms with Gasteiger partial charge < -0.3 is 9.47 Å². The maximum absolute atomic E-state index is 6.30. The molecule has 0 spiro atoms. The van der Waals surface area contributed by atoms with Gasteiger partial charge in [-0.25, -0.2) is 4.98 Å². The molecule has 0 radical (unpaired) electrons. The standard InChI is InChI=1S/C51H49NO2/c1-34-30-42(48(53-7)44(32-34)50(3,4)36-20-11-9-12-21-36)38-24-15-17-26-40(38)46-28-19-29-47(52-46)41-27-18-16-25-39(41)43-31-35(2)33-45(49(43)54-8)51(5,6)37-22-13-10-14-23-37/h9-33H,1-8H3. The van der Waals surface area contributed by atoms with E-state index in [4.69, 9.17) is 14.5 Å². The number of hydrogen-bond donors (Lipinski definition) is 0. The second kappa shape index (κ2) is 14.8. The Morgan fingerprint density at radius 1 is 0.389 bits per heavy atom. The van der Waals surface area contributed by atoms with Crippen LogP contribution in [-0.2, 0) is 10.8 Å². The average molecular weight is 708 g/mol. The van der Waals surface area contributed by atoms with Crippen LogP contribution >= 0.6 is 0 Å². The minimum absolute atomic E-state index is 0.281. The molecular weight excluding hydrogens is 659 g/mol. The molecule has 54 heavy (non-hydrogen) atoms. The van der Waals surface area contributed by atoms with Crippen molar-refractivity contribution < 1.29 is 9.47 Å². The second-order valence-corrected chi connectivity index (χ2v) is 15.3. The molecule has 0 atom stereocenters. The van der Waals surface area contributed by atoms with Gasteiger partial charge in [-0.15, -0.1) is 0 Å². The first-order valence-corrected chi connectivity index (χ1v) is 18.7. The third-order valence-corrected chi connectivity index (χ3v) is 10.9. The van der Waals surface area contributed by atoms with Gasteiger partial charge in [0, 0.05) is 44.2 Å². The van der Waals surface area contributed by atoms with Crippen LogP contribution in [0.25, 0.3) is 44.8 Å². The molecule has 1 heterocycles. The van der Waals surface area contributed by atoms with Crippen LogP contribution in [-0.4, -0.2) is 19.2 Å². The predicted octanol–water partition coefficient (Wildman–Crippen LogP) is 13.0. The Balaban J connectivity index is 1.36. The molecule has 0 aliphatic heterocycles. The highest BCUT2D eigenvalue weighted by Crippen LogP contribution is 2.47. The highest BCUT2D eigenvalue weighted by Gasteiger charge is 2.31. The van der Waals surface area contributed by atoms with E-state index >= 15 is 0 Å². The molecule has 1 aromatic heterocycles. The first-order valence-electron chi connectivity index (χ1n) is 18.7. The van der Waals surface area contributed by atoms with Gasteiger partial charge in [0.05, 0.1) is 25.6 Å². The Labute approximate surface area is 321 Å². The normalized spacial score (nSPS) is 11.7. The quantitative estimate of drug-likeness (QED) is 0.142. The molecule has 0 amide bonds. The molecule has 0 bridgehead atoms. The van der Waals surface area contributed by atoms with Crippen LogP contribution in [0.5, 0.6) is 11.5 Å². The Morgan fingerprint density at radius 2 is 0.741 bits per heavy atom. The van der Waals surface area contributed by atoms with Crippen molar-refractivity contribution in [2.75, 3.05) is 14.2 Å². The van der Waals surface area contributed by atoms with Crippen molar-refractivity contribution in [1.82, 2.24) is 4.98 Å². The summed E-state index contributed by atoms with van der Waals surface area (Å²) in [4.78, 5) is 5.40. The summed E-state index contributed by atoms with van der Waals surface area (Å²) in [5.74, 6) is 1.76. The van der Waals surface area contributed by atoms with E-state index in [9.17, 15) is 0 Å². The van der Waals surface area contributed by atoms with Crippen LogP contribution in [0.1, 0.15) is 61.1 Å². The van der Waals surface area contributed by atoms with Gasteiger partial charge in [-0.2, -0.15) is 0 Å². The maximum atomic E-state index is 6.30. The number of ether oxygens (including phenoxy) is 2. The second-order valence-electron chi connectivity index (χ2n) is 15.3. The zero-order valence-corrected chi connectivity index (χ0v) is 32.7. The van der Waals surface area contributed by atoms with E-state index in [0.717, 1.165) is 67.4 Å². The van der Waals surface area contributed by atoms with Crippen LogP contribution in [0.2, 0.25) is 0 Å². The largest absolute Gasteiger partial charge is 0.496 e. The van der Waals surface area contributed by atoms with E-state index in [-0.39, 0.29) is 10.8 Å². The molecular formula is C51H49NO2. The summed E-state index contributed by atoms with van der Waals surface area (Å²) < 4.78 is 12.6. The van der Waals surface area contributed by atoms with Crippen molar-refractivity contribution >= 4 is 0 Å². The van der Waals surface area contributed by atoms with Crippen molar-refractivity contribution in [3.05, 3.63) is 185 Å². The SMILES string of the molecule is COc1c(-c2ccccc2-c2cccc(-c3ccccc3-c3cc(C)cc(C(C)(C)c4ccccc4)c3OC)n2)cc(C)cc1C(C)(C)c1ccccc1. The number of pyridine rings is 1.